The summed E-state index contributed by atoms with van der Waals surface area (Å²) in [7, 11) is 0. The van der Waals surface area contributed by atoms with Crippen LogP contribution < -0.4 is 0 Å². The summed E-state index contributed by atoms with van der Waals surface area (Å²) in [5.41, 5.74) is 1.58. The zero-order valence-corrected chi connectivity index (χ0v) is 12.9. The molecule has 0 saturated carbocycles. The number of hydrogen-bond donors (Lipinski definition) is 0. The number of nitro groups is 1. The molecule has 2 aliphatic rings. The van der Waals surface area contributed by atoms with Crippen LogP contribution in [0.1, 0.15) is 33.8 Å². The molecule has 24 heavy (non-hydrogen) atoms. The van der Waals surface area contributed by atoms with Crippen LogP contribution in [0.15, 0.2) is 58.8 Å². The highest BCUT2D eigenvalue weighted by molar-refractivity contribution is 6.06. The summed E-state index contributed by atoms with van der Waals surface area (Å²) in [6.07, 6.45) is 1.34. The Kier molecular flexibility index (Phi) is 3.26. The fourth-order valence-corrected chi connectivity index (χ4v) is 3.77. The molecule has 0 radical (unpaired) electrons. The van der Waals surface area contributed by atoms with E-state index in [1.54, 1.807) is 6.07 Å². The molecule has 0 saturated heterocycles. The van der Waals surface area contributed by atoms with E-state index in [1.165, 1.54) is 12.1 Å². The van der Waals surface area contributed by atoms with E-state index in [0.29, 0.717) is 18.5 Å². The molecule has 0 amide bonds. The molecule has 6 heteroatoms. The molecule has 0 bridgehead atoms. The van der Waals surface area contributed by atoms with Gasteiger partial charge in [-0.3, -0.25) is 14.9 Å². The Morgan fingerprint density at radius 1 is 1.17 bits per heavy atom. The Bertz CT molecular complexity index is 877. The lowest BCUT2D eigenvalue weighted by atomic mass is 9.68. The zero-order chi connectivity index (χ0) is 16.7. The number of carbonyl (C=O) groups is 1. The second kappa shape index (κ2) is 5.33. The van der Waals surface area contributed by atoms with Crippen molar-refractivity contribution >= 4 is 11.5 Å². The molecular formula is C18H15N3O3. The van der Waals surface area contributed by atoms with E-state index in [4.69, 9.17) is 0 Å². The minimum absolute atomic E-state index is 0.0258. The molecule has 0 fully saturated rings. The monoisotopic (exact) mass is 321 g/mol. The standard InChI is InChI=1S/C18H15N3O3/c22-17-15-7-2-1-4-12(15)8-9-18(17)16(11-19-20-18)13-5-3-6-14(10-13)21(23)24/h1-7,10,16H,8-9,11H2/t16-,18+/m1/s1. The van der Waals surface area contributed by atoms with Gasteiger partial charge in [-0.25, -0.2) is 0 Å². The number of nitrogens with zero attached hydrogens (tertiary/aromatic N) is 3. The van der Waals surface area contributed by atoms with Gasteiger partial charge in [-0.05, 0) is 24.0 Å². The minimum Gasteiger partial charge on any atom is -0.291 e. The average Bonchev–Trinajstić information content (AvgIpc) is 3.03. The van der Waals surface area contributed by atoms with Crippen LogP contribution in [-0.2, 0) is 6.42 Å². The van der Waals surface area contributed by atoms with Gasteiger partial charge in [0.15, 0.2) is 11.3 Å². The number of non-ortho nitro benzene ring substituents is 1. The van der Waals surface area contributed by atoms with Crippen molar-refractivity contribution in [1.82, 2.24) is 0 Å². The number of carbonyl (C=O) groups excluding carboxylic acids is 1. The van der Waals surface area contributed by atoms with Gasteiger partial charge in [0.25, 0.3) is 5.69 Å². The zero-order valence-electron chi connectivity index (χ0n) is 12.9. The lowest BCUT2D eigenvalue weighted by Crippen LogP contribution is -2.44. The third kappa shape index (κ3) is 2.06. The third-order valence-electron chi connectivity index (χ3n) is 5.00. The number of Topliss-reactive ketones (excluding diaryl/α,β-unsaturated/α-hetero) is 1. The second-order valence-electron chi connectivity index (χ2n) is 6.24. The van der Waals surface area contributed by atoms with Crippen molar-refractivity contribution in [1.29, 1.82) is 0 Å². The Hall–Kier alpha value is -2.89. The van der Waals surface area contributed by atoms with Crippen LogP contribution in [0.2, 0.25) is 0 Å². The van der Waals surface area contributed by atoms with Crippen LogP contribution in [0, 0.1) is 10.1 Å². The number of hydrogen-bond acceptors (Lipinski definition) is 5. The first-order valence-electron chi connectivity index (χ1n) is 7.87. The normalized spacial score (nSPS) is 25.0. The second-order valence-corrected chi connectivity index (χ2v) is 6.24. The number of rotatable bonds is 2. The fraction of sp³-hybridized carbons (Fsp3) is 0.278. The Balaban J connectivity index is 1.78. The van der Waals surface area contributed by atoms with Crippen molar-refractivity contribution in [2.45, 2.75) is 24.3 Å². The molecular weight excluding hydrogens is 306 g/mol. The Morgan fingerprint density at radius 3 is 2.83 bits per heavy atom. The van der Waals surface area contributed by atoms with Crippen LogP contribution in [-0.4, -0.2) is 22.8 Å². The number of azo groups is 1. The molecule has 6 nitrogen and oxygen atoms in total. The van der Waals surface area contributed by atoms with E-state index in [9.17, 15) is 14.9 Å². The highest BCUT2D eigenvalue weighted by atomic mass is 16.6. The molecule has 2 aromatic rings. The van der Waals surface area contributed by atoms with Gasteiger partial charge < -0.3 is 0 Å². The largest absolute Gasteiger partial charge is 0.291 e. The van der Waals surface area contributed by atoms with E-state index >= 15 is 0 Å². The maximum atomic E-state index is 13.2. The highest BCUT2D eigenvalue weighted by Crippen LogP contribution is 2.46. The maximum absolute atomic E-state index is 13.2. The molecule has 1 spiro atoms. The molecule has 0 unspecified atom stereocenters. The minimum atomic E-state index is -0.927. The molecule has 1 aliphatic carbocycles. The van der Waals surface area contributed by atoms with Crippen LogP contribution in [0.5, 0.6) is 0 Å². The number of benzene rings is 2. The summed E-state index contributed by atoms with van der Waals surface area (Å²) in [5, 5.41) is 19.6. The molecule has 2 atom stereocenters. The molecule has 2 aromatic carbocycles. The molecule has 120 valence electrons. The lowest BCUT2D eigenvalue weighted by Gasteiger charge is -2.34. The van der Waals surface area contributed by atoms with Crippen molar-refractivity contribution in [3.63, 3.8) is 0 Å². The van der Waals surface area contributed by atoms with Gasteiger partial charge in [-0.2, -0.15) is 10.2 Å². The van der Waals surface area contributed by atoms with Crippen molar-refractivity contribution in [2.24, 2.45) is 10.2 Å². The van der Waals surface area contributed by atoms with Gasteiger partial charge in [0.1, 0.15) is 0 Å². The predicted molar refractivity (Wildman–Crippen MR) is 87.4 cm³/mol. The fourth-order valence-electron chi connectivity index (χ4n) is 3.77. The van der Waals surface area contributed by atoms with Gasteiger partial charge in [0.05, 0.1) is 11.5 Å². The first-order valence-corrected chi connectivity index (χ1v) is 7.87. The number of nitro benzene ring substituents is 1. The van der Waals surface area contributed by atoms with Crippen molar-refractivity contribution in [3.05, 3.63) is 75.3 Å². The number of aryl methyl sites for hydroxylation is 1. The highest BCUT2D eigenvalue weighted by Gasteiger charge is 2.52. The van der Waals surface area contributed by atoms with Gasteiger partial charge in [0, 0.05) is 23.6 Å². The first kappa shape index (κ1) is 14.7. The van der Waals surface area contributed by atoms with Gasteiger partial charge >= 0.3 is 0 Å². The van der Waals surface area contributed by atoms with Crippen molar-refractivity contribution < 1.29 is 9.72 Å². The van der Waals surface area contributed by atoms with Crippen LogP contribution in [0.4, 0.5) is 5.69 Å². The summed E-state index contributed by atoms with van der Waals surface area (Å²) >= 11 is 0. The van der Waals surface area contributed by atoms with E-state index in [2.05, 4.69) is 10.2 Å². The summed E-state index contributed by atoms with van der Waals surface area (Å²) < 4.78 is 0. The Morgan fingerprint density at radius 2 is 2.00 bits per heavy atom. The van der Waals surface area contributed by atoms with Gasteiger partial charge in [0.2, 0.25) is 0 Å². The molecule has 0 N–H and O–H groups in total. The summed E-state index contributed by atoms with van der Waals surface area (Å²) in [6.45, 7) is 0.384. The summed E-state index contributed by atoms with van der Waals surface area (Å²) in [5.74, 6) is -0.277. The molecule has 1 aliphatic heterocycles. The summed E-state index contributed by atoms with van der Waals surface area (Å²) in [4.78, 5) is 23.8. The van der Waals surface area contributed by atoms with Crippen molar-refractivity contribution in [3.8, 4) is 0 Å². The first-order chi connectivity index (χ1) is 11.6. The SMILES string of the molecule is O=C1c2ccccc2CC[C@@]12N=NC[C@@H]2c1cccc([N+](=O)[O-])c1. The maximum Gasteiger partial charge on any atom is 0.269 e. The topological polar surface area (TPSA) is 84.9 Å². The number of ketones is 1. The molecule has 0 aromatic heterocycles. The van der Waals surface area contributed by atoms with Crippen LogP contribution >= 0.6 is 0 Å². The van der Waals surface area contributed by atoms with E-state index < -0.39 is 10.5 Å². The molecule has 4 rings (SSSR count). The van der Waals surface area contributed by atoms with E-state index in [0.717, 1.165) is 17.5 Å². The average molecular weight is 321 g/mol. The van der Waals surface area contributed by atoms with Crippen LogP contribution in [0.25, 0.3) is 0 Å². The van der Waals surface area contributed by atoms with E-state index in [1.807, 2.05) is 30.3 Å². The van der Waals surface area contributed by atoms with E-state index in [-0.39, 0.29) is 17.4 Å². The summed E-state index contributed by atoms with van der Waals surface area (Å²) in [6, 6.07) is 14.0. The van der Waals surface area contributed by atoms with Gasteiger partial charge in [-0.15, -0.1) is 0 Å². The van der Waals surface area contributed by atoms with Crippen molar-refractivity contribution in [2.75, 3.05) is 6.54 Å². The van der Waals surface area contributed by atoms with Crippen LogP contribution in [0.3, 0.4) is 0 Å². The Labute approximate surface area is 138 Å². The number of fused-ring (bicyclic) bond motifs is 1. The third-order valence-corrected chi connectivity index (χ3v) is 5.00. The predicted octanol–water partition coefficient (Wildman–Crippen LogP) is 3.71. The quantitative estimate of drug-likeness (QED) is 0.624. The molecule has 1 heterocycles. The smallest absolute Gasteiger partial charge is 0.269 e. The lowest BCUT2D eigenvalue weighted by molar-refractivity contribution is -0.384. The van der Waals surface area contributed by atoms with Gasteiger partial charge in [-0.1, -0.05) is 36.4 Å².